The van der Waals surface area contributed by atoms with E-state index in [1.807, 2.05) is 36.4 Å². The SMILES string of the molecule is C=CCCN=C(N)Nc1ccccc1. The summed E-state index contributed by atoms with van der Waals surface area (Å²) < 4.78 is 0. The molecule has 0 aromatic heterocycles. The molecule has 74 valence electrons. The molecule has 0 saturated heterocycles. The number of anilines is 1. The van der Waals surface area contributed by atoms with Gasteiger partial charge in [-0.05, 0) is 18.6 Å². The highest BCUT2D eigenvalue weighted by Crippen LogP contribution is 2.03. The van der Waals surface area contributed by atoms with Crippen molar-refractivity contribution in [1.82, 2.24) is 0 Å². The summed E-state index contributed by atoms with van der Waals surface area (Å²) in [4.78, 5) is 4.12. The minimum Gasteiger partial charge on any atom is -0.370 e. The molecule has 0 aliphatic carbocycles. The third-order valence-electron chi connectivity index (χ3n) is 1.66. The van der Waals surface area contributed by atoms with Crippen LogP contribution in [0.2, 0.25) is 0 Å². The van der Waals surface area contributed by atoms with Crippen molar-refractivity contribution in [3.8, 4) is 0 Å². The second-order valence-electron chi connectivity index (χ2n) is 2.84. The number of nitrogens with one attached hydrogen (secondary N) is 1. The molecule has 0 unspecified atom stereocenters. The first kappa shape index (κ1) is 10.3. The third kappa shape index (κ3) is 3.76. The van der Waals surface area contributed by atoms with Gasteiger partial charge in [0.15, 0.2) is 5.96 Å². The van der Waals surface area contributed by atoms with Crippen molar-refractivity contribution in [3.63, 3.8) is 0 Å². The maximum Gasteiger partial charge on any atom is 0.193 e. The van der Waals surface area contributed by atoms with Crippen molar-refractivity contribution in [2.45, 2.75) is 6.42 Å². The van der Waals surface area contributed by atoms with Crippen molar-refractivity contribution in [2.24, 2.45) is 10.7 Å². The summed E-state index contributed by atoms with van der Waals surface area (Å²) in [6, 6.07) is 9.72. The van der Waals surface area contributed by atoms with Gasteiger partial charge in [0.2, 0.25) is 0 Å². The number of nitrogens with two attached hydrogens (primary N) is 1. The highest BCUT2D eigenvalue weighted by atomic mass is 15.1. The molecule has 14 heavy (non-hydrogen) atoms. The lowest BCUT2D eigenvalue weighted by molar-refractivity contribution is 1.00. The molecular formula is C11H15N3. The van der Waals surface area contributed by atoms with Gasteiger partial charge in [-0.15, -0.1) is 6.58 Å². The molecule has 0 bridgehead atoms. The molecule has 0 amide bonds. The van der Waals surface area contributed by atoms with Crippen LogP contribution in [0, 0.1) is 0 Å². The zero-order valence-corrected chi connectivity index (χ0v) is 8.11. The smallest absolute Gasteiger partial charge is 0.193 e. The first-order valence-corrected chi connectivity index (χ1v) is 4.56. The maximum absolute atomic E-state index is 5.65. The van der Waals surface area contributed by atoms with Crippen LogP contribution >= 0.6 is 0 Å². The molecule has 0 heterocycles. The Morgan fingerprint density at radius 3 is 2.79 bits per heavy atom. The van der Waals surface area contributed by atoms with E-state index in [9.17, 15) is 0 Å². The van der Waals surface area contributed by atoms with E-state index in [1.165, 1.54) is 0 Å². The van der Waals surface area contributed by atoms with Gasteiger partial charge in [-0.3, -0.25) is 4.99 Å². The van der Waals surface area contributed by atoms with Gasteiger partial charge in [0.05, 0.1) is 0 Å². The zero-order valence-electron chi connectivity index (χ0n) is 8.11. The van der Waals surface area contributed by atoms with E-state index in [4.69, 9.17) is 5.73 Å². The monoisotopic (exact) mass is 189 g/mol. The molecule has 0 aliphatic heterocycles. The van der Waals surface area contributed by atoms with Crippen LogP contribution in [-0.4, -0.2) is 12.5 Å². The van der Waals surface area contributed by atoms with Gasteiger partial charge in [0.1, 0.15) is 0 Å². The van der Waals surface area contributed by atoms with Crippen molar-refractivity contribution >= 4 is 11.6 Å². The normalized spacial score (nSPS) is 11.0. The Kier molecular flexibility index (Phi) is 4.27. The third-order valence-corrected chi connectivity index (χ3v) is 1.66. The van der Waals surface area contributed by atoms with E-state index in [0.717, 1.165) is 12.1 Å². The fourth-order valence-corrected chi connectivity index (χ4v) is 0.985. The second kappa shape index (κ2) is 5.80. The van der Waals surface area contributed by atoms with Gasteiger partial charge in [0.25, 0.3) is 0 Å². The van der Waals surface area contributed by atoms with Crippen LogP contribution in [0.5, 0.6) is 0 Å². The van der Waals surface area contributed by atoms with Gasteiger partial charge < -0.3 is 11.1 Å². The molecule has 0 aliphatic rings. The number of nitrogens with zero attached hydrogens (tertiary/aromatic N) is 1. The van der Waals surface area contributed by atoms with Gasteiger partial charge in [-0.25, -0.2) is 0 Å². The highest BCUT2D eigenvalue weighted by molar-refractivity contribution is 5.92. The summed E-state index contributed by atoms with van der Waals surface area (Å²) >= 11 is 0. The van der Waals surface area contributed by atoms with E-state index in [1.54, 1.807) is 0 Å². The summed E-state index contributed by atoms with van der Waals surface area (Å²) in [6.07, 6.45) is 2.66. The Hall–Kier alpha value is -1.77. The molecule has 0 atom stereocenters. The van der Waals surface area contributed by atoms with Gasteiger partial charge in [0, 0.05) is 12.2 Å². The molecule has 3 nitrogen and oxygen atoms in total. The number of hydrogen-bond donors (Lipinski definition) is 2. The quantitative estimate of drug-likeness (QED) is 0.329. The predicted molar refractivity (Wildman–Crippen MR) is 61.4 cm³/mol. The van der Waals surface area contributed by atoms with Crippen molar-refractivity contribution < 1.29 is 0 Å². The number of aliphatic imine (C=N–C) groups is 1. The number of rotatable bonds is 4. The number of guanidine groups is 1. The van der Waals surface area contributed by atoms with Gasteiger partial charge in [-0.2, -0.15) is 0 Å². The molecule has 3 heteroatoms. The topological polar surface area (TPSA) is 50.4 Å². The highest BCUT2D eigenvalue weighted by Gasteiger charge is 1.91. The van der Waals surface area contributed by atoms with E-state index in [-0.39, 0.29) is 0 Å². The first-order valence-electron chi connectivity index (χ1n) is 4.56. The lowest BCUT2D eigenvalue weighted by Gasteiger charge is -2.04. The average Bonchev–Trinajstić information content (AvgIpc) is 2.20. The first-order chi connectivity index (χ1) is 6.83. The average molecular weight is 189 g/mol. The molecule has 1 aromatic carbocycles. The van der Waals surface area contributed by atoms with Crippen LogP contribution in [0.3, 0.4) is 0 Å². The maximum atomic E-state index is 5.65. The molecule has 0 spiro atoms. The number of hydrogen-bond acceptors (Lipinski definition) is 1. The fraction of sp³-hybridized carbons (Fsp3) is 0.182. The van der Waals surface area contributed by atoms with Gasteiger partial charge >= 0.3 is 0 Å². The summed E-state index contributed by atoms with van der Waals surface area (Å²) in [5.41, 5.74) is 6.60. The number of para-hydroxylation sites is 1. The van der Waals surface area contributed by atoms with Crippen LogP contribution in [0.25, 0.3) is 0 Å². The molecular weight excluding hydrogens is 174 g/mol. The summed E-state index contributed by atoms with van der Waals surface area (Å²) in [5.74, 6) is 0.443. The lowest BCUT2D eigenvalue weighted by Crippen LogP contribution is -2.22. The van der Waals surface area contributed by atoms with E-state index in [2.05, 4.69) is 16.9 Å². The molecule has 0 saturated carbocycles. The van der Waals surface area contributed by atoms with Crippen LogP contribution < -0.4 is 11.1 Å². The lowest BCUT2D eigenvalue weighted by atomic mass is 10.3. The second-order valence-corrected chi connectivity index (χ2v) is 2.84. The summed E-state index contributed by atoms with van der Waals surface area (Å²) in [6.45, 7) is 4.29. The Bertz CT molecular complexity index is 304. The Labute approximate surface area is 84.4 Å². The van der Waals surface area contributed by atoms with Crippen LogP contribution in [0.4, 0.5) is 5.69 Å². The van der Waals surface area contributed by atoms with Crippen LogP contribution in [0.1, 0.15) is 6.42 Å². The predicted octanol–water partition coefficient (Wildman–Crippen LogP) is 1.99. The Morgan fingerprint density at radius 1 is 1.43 bits per heavy atom. The van der Waals surface area contributed by atoms with Crippen LogP contribution in [0.15, 0.2) is 48.0 Å². The van der Waals surface area contributed by atoms with Crippen LogP contribution in [-0.2, 0) is 0 Å². The van der Waals surface area contributed by atoms with Crippen molar-refractivity contribution in [2.75, 3.05) is 11.9 Å². The standard InChI is InChI=1S/C11H15N3/c1-2-3-9-13-11(12)14-10-7-5-4-6-8-10/h2,4-8H,1,3,9H2,(H3,12,13,14). The summed E-state index contributed by atoms with van der Waals surface area (Å²) in [7, 11) is 0. The number of benzene rings is 1. The molecule has 0 fully saturated rings. The van der Waals surface area contributed by atoms with Gasteiger partial charge in [-0.1, -0.05) is 24.3 Å². The van der Waals surface area contributed by atoms with E-state index < -0.39 is 0 Å². The summed E-state index contributed by atoms with van der Waals surface area (Å²) in [5, 5.41) is 2.99. The van der Waals surface area contributed by atoms with Crippen molar-refractivity contribution in [1.29, 1.82) is 0 Å². The zero-order chi connectivity index (χ0) is 10.2. The fourth-order valence-electron chi connectivity index (χ4n) is 0.985. The Balaban J connectivity index is 2.44. The molecule has 1 rings (SSSR count). The molecule has 0 radical (unpaired) electrons. The molecule has 1 aromatic rings. The largest absolute Gasteiger partial charge is 0.370 e. The van der Waals surface area contributed by atoms with E-state index in [0.29, 0.717) is 12.5 Å². The minimum absolute atomic E-state index is 0.443. The van der Waals surface area contributed by atoms with Crippen molar-refractivity contribution in [3.05, 3.63) is 43.0 Å². The Morgan fingerprint density at radius 2 is 2.14 bits per heavy atom. The van der Waals surface area contributed by atoms with E-state index >= 15 is 0 Å². The minimum atomic E-state index is 0.443. The molecule has 3 N–H and O–H groups in total.